The molecule has 0 unspecified atom stereocenters. The molecule has 1 fully saturated rings. The molecule has 1 heterocycles. The van der Waals surface area contributed by atoms with Crippen LogP contribution in [0.4, 0.5) is 5.69 Å². The van der Waals surface area contributed by atoms with Crippen molar-refractivity contribution in [2.75, 3.05) is 5.73 Å². The largest absolute Gasteiger partial charge is 0.397 e. The first-order valence-corrected chi connectivity index (χ1v) is 4.39. The molecule has 2 N–H and O–H groups in total. The zero-order valence-corrected chi connectivity index (χ0v) is 7.60. The van der Waals surface area contributed by atoms with E-state index >= 15 is 0 Å². The number of hydrogen-bond acceptors (Lipinski definition) is 4. The fourth-order valence-electron chi connectivity index (χ4n) is 1.31. The minimum Gasteiger partial charge on any atom is -0.397 e. The van der Waals surface area contributed by atoms with Gasteiger partial charge in [0.2, 0.25) is 0 Å². The average molecular weight is 190 g/mol. The van der Waals surface area contributed by atoms with E-state index in [1.807, 2.05) is 0 Å². The normalized spacial score (nSPS) is 17.4. The number of nitriles is 1. The minimum atomic E-state index is -0.354. The van der Waals surface area contributed by atoms with E-state index < -0.39 is 0 Å². The standard InChI is InChI=1S/C9H10N4O/c10-5-9(1-2-9)6-13-8(14)3-7(11)4-12-13/h3-4H,1-2,6,11H2. The molecule has 1 aromatic heterocycles. The topological polar surface area (TPSA) is 84.7 Å². The lowest BCUT2D eigenvalue weighted by molar-refractivity contribution is 0.465. The zero-order chi connectivity index (χ0) is 10.2. The predicted octanol–water partition coefficient (Wildman–Crippen LogP) is 0.129. The molecule has 1 aliphatic carbocycles. The summed E-state index contributed by atoms with van der Waals surface area (Å²) < 4.78 is 1.30. The lowest BCUT2D eigenvalue weighted by Gasteiger charge is -2.06. The van der Waals surface area contributed by atoms with Crippen LogP contribution in [0, 0.1) is 16.7 Å². The Kier molecular flexibility index (Phi) is 1.78. The number of nitrogens with two attached hydrogens (primary N) is 1. The summed E-state index contributed by atoms with van der Waals surface area (Å²) in [6.07, 6.45) is 3.12. The number of nitrogens with zero attached hydrogens (tertiary/aromatic N) is 3. The van der Waals surface area contributed by atoms with Crippen molar-refractivity contribution in [1.29, 1.82) is 5.26 Å². The summed E-state index contributed by atoms with van der Waals surface area (Å²) in [6, 6.07) is 3.53. The van der Waals surface area contributed by atoms with E-state index in [1.54, 1.807) is 0 Å². The predicted molar refractivity (Wildman–Crippen MR) is 50.2 cm³/mol. The molecule has 0 radical (unpaired) electrons. The van der Waals surface area contributed by atoms with E-state index in [2.05, 4.69) is 11.2 Å². The molecule has 0 aromatic carbocycles. The fourth-order valence-corrected chi connectivity index (χ4v) is 1.31. The Bertz CT molecular complexity index is 453. The van der Waals surface area contributed by atoms with Gasteiger partial charge in [-0.2, -0.15) is 10.4 Å². The van der Waals surface area contributed by atoms with Gasteiger partial charge in [-0.25, -0.2) is 4.68 Å². The van der Waals surface area contributed by atoms with Crippen LogP contribution in [0.5, 0.6) is 0 Å². The number of anilines is 1. The van der Waals surface area contributed by atoms with E-state index in [1.165, 1.54) is 16.9 Å². The van der Waals surface area contributed by atoms with Gasteiger partial charge >= 0.3 is 0 Å². The Hall–Kier alpha value is -1.83. The van der Waals surface area contributed by atoms with Crippen LogP contribution in [0.3, 0.4) is 0 Å². The van der Waals surface area contributed by atoms with Gasteiger partial charge in [0.15, 0.2) is 0 Å². The highest BCUT2D eigenvalue weighted by atomic mass is 16.1. The lowest BCUT2D eigenvalue weighted by atomic mass is 10.1. The van der Waals surface area contributed by atoms with Gasteiger partial charge in [-0.1, -0.05) is 0 Å². The van der Waals surface area contributed by atoms with Crippen molar-refractivity contribution in [3.05, 3.63) is 22.6 Å². The summed E-state index contributed by atoms with van der Waals surface area (Å²) in [5.41, 5.74) is 5.16. The molecule has 0 bridgehead atoms. The summed E-state index contributed by atoms with van der Waals surface area (Å²) >= 11 is 0. The summed E-state index contributed by atoms with van der Waals surface area (Å²) in [4.78, 5) is 11.4. The van der Waals surface area contributed by atoms with Gasteiger partial charge in [0.25, 0.3) is 5.56 Å². The van der Waals surface area contributed by atoms with Crippen molar-refractivity contribution >= 4 is 5.69 Å². The summed E-state index contributed by atoms with van der Waals surface area (Å²) in [7, 11) is 0. The summed E-state index contributed by atoms with van der Waals surface area (Å²) in [6.45, 7) is 0.378. The third-order valence-corrected chi connectivity index (χ3v) is 2.43. The smallest absolute Gasteiger partial charge is 0.268 e. The Morgan fingerprint density at radius 1 is 1.71 bits per heavy atom. The van der Waals surface area contributed by atoms with Gasteiger partial charge in [-0.3, -0.25) is 4.79 Å². The van der Waals surface area contributed by atoms with Gasteiger partial charge in [0, 0.05) is 6.07 Å². The van der Waals surface area contributed by atoms with Crippen LogP contribution in [0.2, 0.25) is 0 Å². The van der Waals surface area contributed by atoms with Crippen LogP contribution < -0.4 is 11.3 Å². The number of hydrogen-bond donors (Lipinski definition) is 1. The maximum atomic E-state index is 11.4. The maximum absolute atomic E-state index is 11.4. The first kappa shape index (κ1) is 8.75. The van der Waals surface area contributed by atoms with Crippen LogP contribution in [0.1, 0.15) is 12.8 Å². The second-order valence-corrected chi connectivity index (χ2v) is 3.68. The fraction of sp³-hybridized carbons (Fsp3) is 0.444. The average Bonchev–Trinajstić information content (AvgIpc) is 2.91. The zero-order valence-electron chi connectivity index (χ0n) is 7.60. The summed E-state index contributed by atoms with van der Waals surface area (Å²) in [5, 5.41) is 12.7. The molecule has 14 heavy (non-hydrogen) atoms. The van der Waals surface area contributed by atoms with Crippen LogP contribution >= 0.6 is 0 Å². The van der Waals surface area contributed by atoms with Crippen LogP contribution in [-0.4, -0.2) is 9.78 Å². The molecular weight excluding hydrogens is 180 g/mol. The molecule has 0 spiro atoms. The number of aromatic nitrogens is 2. The quantitative estimate of drug-likeness (QED) is 0.718. The number of rotatable bonds is 2. The van der Waals surface area contributed by atoms with E-state index in [9.17, 15) is 4.79 Å². The van der Waals surface area contributed by atoms with Gasteiger partial charge in [0.1, 0.15) is 0 Å². The second kappa shape index (κ2) is 2.84. The molecular formula is C9H10N4O. The van der Waals surface area contributed by atoms with Gasteiger partial charge < -0.3 is 5.73 Å². The lowest BCUT2D eigenvalue weighted by Crippen LogP contribution is -2.26. The Morgan fingerprint density at radius 2 is 2.43 bits per heavy atom. The van der Waals surface area contributed by atoms with Crippen molar-refractivity contribution in [2.24, 2.45) is 5.41 Å². The van der Waals surface area contributed by atoms with Gasteiger partial charge in [-0.05, 0) is 12.8 Å². The molecule has 0 saturated heterocycles. The third-order valence-electron chi connectivity index (χ3n) is 2.43. The molecule has 0 aliphatic heterocycles. The molecule has 2 rings (SSSR count). The van der Waals surface area contributed by atoms with Crippen molar-refractivity contribution < 1.29 is 0 Å². The van der Waals surface area contributed by atoms with Crippen LogP contribution in [0.15, 0.2) is 17.1 Å². The first-order valence-electron chi connectivity index (χ1n) is 4.39. The third kappa shape index (κ3) is 1.46. The molecule has 5 nitrogen and oxygen atoms in total. The van der Waals surface area contributed by atoms with Crippen molar-refractivity contribution in [1.82, 2.24) is 9.78 Å². The molecule has 1 aliphatic rings. The molecule has 5 heteroatoms. The Balaban J connectivity index is 2.27. The Morgan fingerprint density at radius 3 is 2.93 bits per heavy atom. The maximum Gasteiger partial charge on any atom is 0.268 e. The van der Waals surface area contributed by atoms with Gasteiger partial charge in [-0.15, -0.1) is 0 Å². The highest BCUT2D eigenvalue weighted by molar-refractivity contribution is 5.31. The van der Waals surface area contributed by atoms with E-state index in [0.717, 1.165) is 12.8 Å². The molecule has 0 amide bonds. The molecule has 0 atom stereocenters. The van der Waals surface area contributed by atoms with E-state index in [4.69, 9.17) is 11.0 Å². The van der Waals surface area contributed by atoms with Gasteiger partial charge in [0.05, 0.1) is 29.9 Å². The van der Waals surface area contributed by atoms with E-state index in [0.29, 0.717) is 12.2 Å². The SMILES string of the molecule is N#CC1(Cn2ncc(N)cc2=O)CC1. The second-order valence-electron chi connectivity index (χ2n) is 3.68. The Labute approximate surface area is 80.8 Å². The molecule has 72 valence electrons. The van der Waals surface area contributed by atoms with Crippen molar-refractivity contribution in [3.63, 3.8) is 0 Å². The highest BCUT2D eigenvalue weighted by Crippen LogP contribution is 2.45. The monoisotopic (exact) mass is 190 g/mol. The van der Waals surface area contributed by atoms with Crippen molar-refractivity contribution in [2.45, 2.75) is 19.4 Å². The van der Waals surface area contributed by atoms with Crippen LogP contribution in [-0.2, 0) is 6.54 Å². The first-order chi connectivity index (χ1) is 6.65. The summed E-state index contributed by atoms with van der Waals surface area (Å²) in [5.74, 6) is 0. The molecule has 1 aromatic rings. The van der Waals surface area contributed by atoms with E-state index in [-0.39, 0.29) is 11.0 Å². The highest BCUT2D eigenvalue weighted by Gasteiger charge is 2.44. The minimum absolute atomic E-state index is 0.244. The number of nitrogen functional groups attached to an aromatic ring is 1. The van der Waals surface area contributed by atoms with Crippen molar-refractivity contribution in [3.8, 4) is 6.07 Å². The molecule has 1 saturated carbocycles. The van der Waals surface area contributed by atoms with Crippen LogP contribution in [0.25, 0.3) is 0 Å².